The number of carbonyl (C=O) groups excluding carboxylic acids is 1. The number of benzene rings is 2. The van der Waals surface area contributed by atoms with Crippen LogP contribution in [0.5, 0.6) is 5.75 Å². The Hall–Kier alpha value is -4.66. The Morgan fingerprint density at radius 3 is 2.27 bits per heavy atom. The van der Waals surface area contributed by atoms with Gasteiger partial charge < -0.3 is 26.0 Å². The summed E-state index contributed by atoms with van der Waals surface area (Å²) in [5.41, 5.74) is 2.06. The molecule has 0 atom stereocenters. The molecule has 4 aromatic rings. The molecule has 0 aliphatic rings. The van der Waals surface area contributed by atoms with Gasteiger partial charge in [-0.2, -0.15) is 0 Å². The van der Waals surface area contributed by atoms with Crippen molar-refractivity contribution in [2.45, 2.75) is 6.92 Å². The third-order valence-electron chi connectivity index (χ3n) is 4.44. The Morgan fingerprint density at radius 1 is 0.788 bits per heavy atom. The van der Waals surface area contributed by atoms with E-state index >= 15 is 0 Å². The molecular formula is C24H23N7O2. The van der Waals surface area contributed by atoms with Crippen molar-refractivity contribution in [3.8, 4) is 5.75 Å². The second-order valence-electron chi connectivity index (χ2n) is 6.84. The predicted molar refractivity (Wildman–Crippen MR) is 130 cm³/mol. The molecular weight excluding hydrogens is 418 g/mol. The fourth-order valence-electron chi connectivity index (χ4n) is 2.98. The molecule has 166 valence electrons. The van der Waals surface area contributed by atoms with Gasteiger partial charge in [0.1, 0.15) is 29.5 Å². The number of carbonyl (C=O) groups is 1. The molecule has 9 nitrogen and oxygen atoms in total. The fourth-order valence-corrected chi connectivity index (χ4v) is 2.98. The maximum atomic E-state index is 12.4. The summed E-state index contributed by atoms with van der Waals surface area (Å²) in [6, 6.07) is 21.6. The highest BCUT2D eigenvalue weighted by atomic mass is 16.5. The van der Waals surface area contributed by atoms with Gasteiger partial charge in [-0.25, -0.2) is 19.7 Å². The number of para-hydroxylation sites is 2. The van der Waals surface area contributed by atoms with Crippen molar-refractivity contribution in [2.24, 2.45) is 0 Å². The summed E-state index contributed by atoms with van der Waals surface area (Å²) in [4.78, 5) is 25.1. The van der Waals surface area contributed by atoms with Crippen molar-refractivity contribution in [3.05, 3.63) is 85.3 Å². The van der Waals surface area contributed by atoms with Crippen LogP contribution in [0.3, 0.4) is 0 Å². The summed E-state index contributed by atoms with van der Waals surface area (Å²) < 4.78 is 5.53. The highest BCUT2D eigenvalue weighted by Crippen LogP contribution is 2.24. The topological polar surface area (TPSA) is 113 Å². The van der Waals surface area contributed by atoms with Crippen LogP contribution in [-0.4, -0.2) is 27.6 Å². The average molecular weight is 441 g/mol. The van der Waals surface area contributed by atoms with Crippen LogP contribution in [0.25, 0.3) is 0 Å². The first-order valence-electron chi connectivity index (χ1n) is 10.4. The zero-order valence-corrected chi connectivity index (χ0v) is 17.9. The van der Waals surface area contributed by atoms with Crippen molar-refractivity contribution < 1.29 is 9.53 Å². The summed E-state index contributed by atoms with van der Waals surface area (Å²) in [6.07, 6.45) is 3.17. The van der Waals surface area contributed by atoms with E-state index in [-0.39, 0.29) is 6.03 Å². The zero-order valence-electron chi connectivity index (χ0n) is 17.9. The van der Waals surface area contributed by atoms with Gasteiger partial charge in [-0.15, -0.1) is 0 Å². The Labute approximate surface area is 191 Å². The standard InChI is InChI=1S/C24H23N7O2/c1-2-33-20-8-4-3-7-19(20)30-24(32)29-18-12-10-17(11-13-18)28-22-15-23(27-16-26-22)31-21-9-5-6-14-25-21/h3-16H,2H2,1H3,(H2,29,30,32)(H2,25,26,27,28,31). The van der Waals surface area contributed by atoms with Crippen LogP contribution in [0.4, 0.5) is 39.3 Å². The minimum Gasteiger partial charge on any atom is -0.492 e. The summed E-state index contributed by atoms with van der Waals surface area (Å²) in [7, 11) is 0. The van der Waals surface area contributed by atoms with Crippen LogP contribution in [-0.2, 0) is 0 Å². The van der Waals surface area contributed by atoms with Gasteiger partial charge >= 0.3 is 6.03 Å². The number of nitrogens with one attached hydrogen (secondary N) is 4. The van der Waals surface area contributed by atoms with E-state index in [9.17, 15) is 4.79 Å². The molecule has 2 amide bonds. The van der Waals surface area contributed by atoms with E-state index in [0.717, 1.165) is 5.69 Å². The van der Waals surface area contributed by atoms with E-state index in [1.807, 2.05) is 55.5 Å². The maximum absolute atomic E-state index is 12.4. The molecule has 2 heterocycles. The second kappa shape index (κ2) is 10.6. The third kappa shape index (κ3) is 6.17. The lowest BCUT2D eigenvalue weighted by Crippen LogP contribution is -2.19. The summed E-state index contributed by atoms with van der Waals surface area (Å²) in [5, 5.41) is 12.0. The molecule has 2 aromatic heterocycles. The molecule has 0 fully saturated rings. The highest BCUT2D eigenvalue weighted by Gasteiger charge is 2.08. The molecule has 0 radical (unpaired) electrons. The lowest BCUT2D eigenvalue weighted by molar-refractivity contribution is 0.262. The van der Waals surface area contributed by atoms with Crippen molar-refractivity contribution in [1.82, 2.24) is 15.0 Å². The summed E-state index contributed by atoms with van der Waals surface area (Å²) >= 11 is 0. The van der Waals surface area contributed by atoms with Crippen LogP contribution in [0.15, 0.2) is 85.3 Å². The van der Waals surface area contributed by atoms with Crippen LogP contribution in [0.1, 0.15) is 6.92 Å². The molecule has 9 heteroatoms. The first-order chi connectivity index (χ1) is 16.2. The first kappa shape index (κ1) is 21.6. The first-order valence-corrected chi connectivity index (χ1v) is 10.4. The van der Waals surface area contributed by atoms with Gasteiger partial charge in [0.05, 0.1) is 12.3 Å². The van der Waals surface area contributed by atoms with E-state index in [0.29, 0.717) is 41.2 Å². The number of ether oxygens (including phenoxy) is 1. The van der Waals surface area contributed by atoms with E-state index in [4.69, 9.17) is 4.74 Å². The minimum atomic E-state index is -0.357. The Bertz CT molecular complexity index is 1200. The SMILES string of the molecule is CCOc1ccccc1NC(=O)Nc1ccc(Nc2cc(Nc3ccccn3)ncn2)cc1. The number of amides is 2. The smallest absolute Gasteiger partial charge is 0.323 e. The van der Waals surface area contributed by atoms with Gasteiger partial charge in [0, 0.05) is 23.6 Å². The van der Waals surface area contributed by atoms with Gasteiger partial charge in [-0.1, -0.05) is 18.2 Å². The lowest BCUT2D eigenvalue weighted by Gasteiger charge is -2.12. The molecule has 33 heavy (non-hydrogen) atoms. The molecule has 0 saturated carbocycles. The molecule has 0 saturated heterocycles. The van der Waals surface area contributed by atoms with Gasteiger partial charge in [-0.05, 0) is 55.5 Å². The van der Waals surface area contributed by atoms with Gasteiger partial charge in [-0.3, -0.25) is 0 Å². The van der Waals surface area contributed by atoms with Crippen molar-refractivity contribution in [2.75, 3.05) is 27.9 Å². The highest BCUT2D eigenvalue weighted by molar-refractivity contribution is 6.00. The Morgan fingerprint density at radius 2 is 1.52 bits per heavy atom. The number of urea groups is 1. The van der Waals surface area contributed by atoms with E-state index in [1.165, 1.54) is 6.33 Å². The molecule has 0 spiro atoms. The largest absolute Gasteiger partial charge is 0.492 e. The lowest BCUT2D eigenvalue weighted by atomic mass is 10.2. The average Bonchev–Trinajstić information content (AvgIpc) is 2.83. The summed E-state index contributed by atoms with van der Waals surface area (Å²) in [6.45, 7) is 2.41. The van der Waals surface area contributed by atoms with Gasteiger partial charge in [0.2, 0.25) is 0 Å². The van der Waals surface area contributed by atoms with Crippen LogP contribution >= 0.6 is 0 Å². The molecule has 2 aromatic carbocycles. The molecule has 0 bridgehead atoms. The van der Waals surface area contributed by atoms with Crippen LogP contribution in [0, 0.1) is 0 Å². The van der Waals surface area contributed by atoms with Crippen molar-refractivity contribution in [1.29, 1.82) is 0 Å². The molecule has 0 unspecified atom stereocenters. The number of hydrogen-bond donors (Lipinski definition) is 4. The maximum Gasteiger partial charge on any atom is 0.323 e. The number of hydrogen-bond acceptors (Lipinski definition) is 7. The second-order valence-corrected chi connectivity index (χ2v) is 6.84. The van der Waals surface area contributed by atoms with Crippen molar-refractivity contribution >= 4 is 40.5 Å². The molecule has 0 aliphatic carbocycles. The van der Waals surface area contributed by atoms with E-state index in [1.54, 1.807) is 30.5 Å². The van der Waals surface area contributed by atoms with Crippen LogP contribution in [0.2, 0.25) is 0 Å². The number of nitrogens with zero attached hydrogens (tertiary/aromatic N) is 3. The van der Waals surface area contributed by atoms with E-state index < -0.39 is 0 Å². The number of aromatic nitrogens is 3. The van der Waals surface area contributed by atoms with Crippen LogP contribution < -0.4 is 26.0 Å². The summed E-state index contributed by atoms with van der Waals surface area (Å²) in [5.74, 6) is 2.55. The quantitative estimate of drug-likeness (QED) is 0.289. The molecule has 0 aliphatic heterocycles. The fraction of sp³-hybridized carbons (Fsp3) is 0.0833. The number of rotatable bonds is 8. The number of pyridine rings is 1. The normalized spacial score (nSPS) is 10.2. The monoisotopic (exact) mass is 441 g/mol. The van der Waals surface area contributed by atoms with Gasteiger partial charge in [0.25, 0.3) is 0 Å². The molecule has 4 rings (SSSR count). The van der Waals surface area contributed by atoms with Gasteiger partial charge in [0.15, 0.2) is 0 Å². The Balaban J connectivity index is 1.35. The number of anilines is 6. The minimum absolute atomic E-state index is 0.357. The zero-order chi connectivity index (χ0) is 22.9. The third-order valence-corrected chi connectivity index (χ3v) is 4.44. The Kier molecular flexibility index (Phi) is 6.92. The van der Waals surface area contributed by atoms with E-state index in [2.05, 4.69) is 36.2 Å². The molecule has 4 N–H and O–H groups in total. The predicted octanol–water partition coefficient (Wildman–Crippen LogP) is 5.40. The van der Waals surface area contributed by atoms with Crippen molar-refractivity contribution in [3.63, 3.8) is 0 Å².